The van der Waals surface area contributed by atoms with E-state index in [0.717, 1.165) is 12.1 Å². The van der Waals surface area contributed by atoms with Crippen LogP contribution in [-0.2, 0) is 15.7 Å². The lowest BCUT2D eigenvalue weighted by molar-refractivity contribution is -0.137. The van der Waals surface area contributed by atoms with Crippen molar-refractivity contribution >= 4 is 11.5 Å². The Kier molecular flexibility index (Phi) is 5.66. The van der Waals surface area contributed by atoms with E-state index in [4.69, 9.17) is 4.74 Å². The molecule has 1 aliphatic rings. The van der Waals surface area contributed by atoms with Gasteiger partial charge in [-0.1, -0.05) is 12.1 Å². The van der Waals surface area contributed by atoms with E-state index >= 15 is 0 Å². The zero-order valence-corrected chi connectivity index (χ0v) is 13.3. The predicted octanol–water partition coefficient (Wildman–Crippen LogP) is 2.77. The van der Waals surface area contributed by atoms with E-state index in [9.17, 15) is 23.1 Å². The number of amides is 1. The molecule has 7 heteroatoms. The number of halogens is 3. The van der Waals surface area contributed by atoms with E-state index in [1.807, 2.05) is 0 Å². The van der Waals surface area contributed by atoms with Crippen molar-refractivity contribution in [2.45, 2.75) is 31.5 Å². The van der Waals surface area contributed by atoms with Crippen molar-refractivity contribution < 1.29 is 27.8 Å². The van der Waals surface area contributed by atoms with Crippen LogP contribution >= 0.6 is 0 Å². The van der Waals surface area contributed by atoms with Crippen molar-refractivity contribution in [2.24, 2.45) is 0 Å². The molecular formula is C17H20F3NO3. The highest BCUT2D eigenvalue weighted by Gasteiger charge is 2.31. The fraction of sp³-hybridized carbons (Fsp3) is 0.471. The number of rotatable bonds is 4. The maximum absolute atomic E-state index is 12.7. The van der Waals surface area contributed by atoms with Crippen molar-refractivity contribution in [1.82, 2.24) is 5.32 Å². The van der Waals surface area contributed by atoms with Gasteiger partial charge in [0.1, 0.15) is 0 Å². The van der Waals surface area contributed by atoms with Gasteiger partial charge in [-0.2, -0.15) is 13.2 Å². The van der Waals surface area contributed by atoms with Crippen molar-refractivity contribution in [3.8, 4) is 0 Å². The topological polar surface area (TPSA) is 58.6 Å². The molecule has 24 heavy (non-hydrogen) atoms. The molecule has 0 unspecified atom stereocenters. The van der Waals surface area contributed by atoms with Crippen LogP contribution in [0.4, 0.5) is 13.2 Å². The maximum Gasteiger partial charge on any atom is 0.416 e. The summed E-state index contributed by atoms with van der Waals surface area (Å²) < 4.78 is 43.3. The van der Waals surface area contributed by atoms with E-state index in [1.165, 1.54) is 18.2 Å². The fourth-order valence-corrected chi connectivity index (χ4v) is 2.45. The van der Waals surface area contributed by atoms with E-state index in [2.05, 4.69) is 5.32 Å². The summed E-state index contributed by atoms with van der Waals surface area (Å²) in [5.41, 5.74) is -1.02. The van der Waals surface area contributed by atoms with Crippen LogP contribution in [0.5, 0.6) is 0 Å². The van der Waals surface area contributed by atoms with Gasteiger partial charge >= 0.3 is 6.18 Å². The van der Waals surface area contributed by atoms with Gasteiger partial charge < -0.3 is 15.2 Å². The number of benzene rings is 1. The number of nitrogens with one attached hydrogen (secondary N) is 1. The second-order valence-corrected chi connectivity index (χ2v) is 5.96. The molecule has 4 nitrogen and oxygen atoms in total. The number of carbonyl (C=O) groups is 1. The largest absolute Gasteiger partial charge is 0.416 e. The Morgan fingerprint density at radius 3 is 2.67 bits per heavy atom. The summed E-state index contributed by atoms with van der Waals surface area (Å²) in [6, 6.07) is 4.81. The average Bonchev–Trinajstić information content (AvgIpc) is 2.53. The Morgan fingerprint density at radius 2 is 2.04 bits per heavy atom. The molecule has 0 radical (unpaired) electrons. The van der Waals surface area contributed by atoms with E-state index in [1.54, 1.807) is 6.92 Å². The summed E-state index contributed by atoms with van der Waals surface area (Å²) in [7, 11) is 0. The zero-order chi connectivity index (χ0) is 17.8. The number of ether oxygens (including phenoxy) is 1. The smallest absolute Gasteiger partial charge is 0.388 e. The quantitative estimate of drug-likeness (QED) is 0.827. The van der Waals surface area contributed by atoms with Crippen LogP contribution in [-0.4, -0.2) is 36.4 Å². The van der Waals surface area contributed by atoms with Gasteiger partial charge in [-0.3, -0.25) is 4.79 Å². The first-order valence-corrected chi connectivity index (χ1v) is 7.63. The number of carbonyl (C=O) groups excluding carboxylic acids is 1. The SMILES string of the molecule is C/C(=C/C(=O)NCC1(O)CCOCC1)c1cccc(C(F)(F)F)c1. The highest BCUT2D eigenvalue weighted by atomic mass is 19.4. The molecular weight excluding hydrogens is 323 g/mol. The molecule has 132 valence electrons. The van der Waals surface area contributed by atoms with Gasteiger partial charge in [0.05, 0.1) is 11.2 Å². The Bertz CT molecular complexity index is 620. The summed E-state index contributed by atoms with van der Waals surface area (Å²) >= 11 is 0. The van der Waals surface area contributed by atoms with Gasteiger partial charge in [0.2, 0.25) is 5.91 Å². The molecule has 2 rings (SSSR count). The second-order valence-electron chi connectivity index (χ2n) is 5.96. The summed E-state index contributed by atoms with van der Waals surface area (Å²) in [5.74, 6) is -0.454. The van der Waals surface area contributed by atoms with Crippen molar-refractivity contribution in [3.63, 3.8) is 0 Å². The fourth-order valence-electron chi connectivity index (χ4n) is 2.45. The normalized spacial score (nSPS) is 18.3. The van der Waals surface area contributed by atoms with Crippen LogP contribution in [0, 0.1) is 0 Å². The van der Waals surface area contributed by atoms with E-state index in [-0.39, 0.29) is 6.54 Å². The molecule has 1 aliphatic heterocycles. The minimum Gasteiger partial charge on any atom is -0.388 e. The predicted molar refractivity (Wildman–Crippen MR) is 83.1 cm³/mol. The highest BCUT2D eigenvalue weighted by molar-refractivity contribution is 5.94. The molecule has 0 saturated carbocycles. The lowest BCUT2D eigenvalue weighted by atomic mass is 9.94. The maximum atomic E-state index is 12.7. The molecule has 1 heterocycles. The third kappa shape index (κ3) is 5.07. The van der Waals surface area contributed by atoms with Crippen LogP contribution in [0.25, 0.3) is 5.57 Å². The van der Waals surface area contributed by atoms with Crippen LogP contribution < -0.4 is 5.32 Å². The van der Waals surface area contributed by atoms with Gasteiger partial charge in [-0.05, 0) is 30.2 Å². The third-order valence-electron chi connectivity index (χ3n) is 4.01. The number of allylic oxidation sites excluding steroid dienone is 1. The first-order chi connectivity index (χ1) is 11.2. The molecule has 1 saturated heterocycles. The molecule has 1 amide bonds. The standard InChI is InChI=1S/C17H20F3NO3/c1-12(13-3-2-4-14(10-13)17(18,19)20)9-15(22)21-11-16(23)5-7-24-8-6-16/h2-4,9-10,23H,5-8,11H2,1H3,(H,21,22)/b12-9-. The summed E-state index contributed by atoms with van der Waals surface area (Å²) in [5, 5.41) is 12.9. The van der Waals surface area contributed by atoms with Crippen LogP contribution in [0.1, 0.15) is 30.9 Å². The van der Waals surface area contributed by atoms with Gasteiger partial charge in [-0.15, -0.1) is 0 Å². The molecule has 0 atom stereocenters. The van der Waals surface area contributed by atoms with Gasteiger partial charge in [0, 0.05) is 38.7 Å². The first-order valence-electron chi connectivity index (χ1n) is 7.63. The van der Waals surface area contributed by atoms with Crippen molar-refractivity contribution in [2.75, 3.05) is 19.8 Å². The summed E-state index contributed by atoms with van der Waals surface area (Å²) in [6.07, 6.45) is -2.32. The van der Waals surface area contributed by atoms with Gasteiger partial charge in [0.25, 0.3) is 0 Å². The Labute approximate surface area is 138 Å². The van der Waals surface area contributed by atoms with E-state index < -0.39 is 23.2 Å². The molecule has 2 N–H and O–H groups in total. The second kappa shape index (κ2) is 7.36. The molecule has 0 bridgehead atoms. The lowest BCUT2D eigenvalue weighted by Crippen LogP contribution is -2.46. The molecule has 0 spiro atoms. The number of aliphatic hydroxyl groups is 1. The van der Waals surface area contributed by atoms with E-state index in [0.29, 0.717) is 37.2 Å². The lowest BCUT2D eigenvalue weighted by Gasteiger charge is -2.31. The van der Waals surface area contributed by atoms with Crippen LogP contribution in [0.15, 0.2) is 30.3 Å². The third-order valence-corrected chi connectivity index (χ3v) is 4.01. The van der Waals surface area contributed by atoms with Crippen molar-refractivity contribution in [3.05, 3.63) is 41.5 Å². The summed E-state index contributed by atoms with van der Waals surface area (Å²) in [6.45, 7) is 2.52. The summed E-state index contributed by atoms with van der Waals surface area (Å²) in [4.78, 5) is 11.9. The Morgan fingerprint density at radius 1 is 1.38 bits per heavy atom. The zero-order valence-electron chi connectivity index (χ0n) is 13.3. The van der Waals surface area contributed by atoms with Gasteiger partial charge in [0.15, 0.2) is 0 Å². The molecule has 1 fully saturated rings. The van der Waals surface area contributed by atoms with Crippen molar-refractivity contribution in [1.29, 1.82) is 0 Å². The van der Waals surface area contributed by atoms with Crippen LogP contribution in [0.2, 0.25) is 0 Å². The molecule has 0 aliphatic carbocycles. The number of hydrogen-bond acceptors (Lipinski definition) is 3. The molecule has 0 aromatic heterocycles. The van der Waals surface area contributed by atoms with Crippen LogP contribution in [0.3, 0.4) is 0 Å². The minimum atomic E-state index is -4.43. The number of alkyl halides is 3. The first kappa shape index (κ1) is 18.5. The highest BCUT2D eigenvalue weighted by Crippen LogP contribution is 2.30. The minimum absolute atomic E-state index is 0.0849. The Balaban J connectivity index is 2.01. The number of hydrogen-bond donors (Lipinski definition) is 2. The average molecular weight is 343 g/mol. The molecule has 1 aromatic carbocycles. The van der Waals surface area contributed by atoms with Gasteiger partial charge in [-0.25, -0.2) is 0 Å². The Hall–Kier alpha value is -1.86. The monoisotopic (exact) mass is 343 g/mol. The molecule has 1 aromatic rings.